The van der Waals surface area contributed by atoms with Crippen LogP contribution < -0.4 is 20.1 Å². The minimum Gasteiger partial charge on any atom is -0.495 e. The molecule has 0 radical (unpaired) electrons. The molecule has 2 amide bonds. The molecule has 12 nitrogen and oxygen atoms in total. The number of pyridine rings is 2. The van der Waals surface area contributed by atoms with Crippen LogP contribution in [0.4, 0.5) is 10.3 Å². The second-order valence-electron chi connectivity index (χ2n) is 8.93. The van der Waals surface area contributed by atoms with Gasteiger partial charge in [0.05, 0.1) is 39.5 Å². The van der Waals surface area contributed by atoms with E-state index in [0.717, 1.165) is 29.3 Å². The van der Waals surface area contributed by atoms with E-state index >= 15 is 0 Å². The van der Waals surface area contributed by atoms with Gasteiger partial charge in [-0.05, 0) is 43.5 Å². The monoisotopic (exact) mass is 566 g/mol. The van der Waals surface area contributed by atoms with Crippen molar-refractivity contribution in [3.63, 3.8) is 0 Å². The summed E-state index contributed by atoms with van der Waals surface area (Å²) >= 11 is 2.78. The van der Waals surface area contributed by atoms with E-state index in [-0.39, 0.29) is 36.5 Å². The van der Waals surface area contributed by atoms with Gasteiger partial charge in [-0.1, -0.05) is 22.7 Å². The van der Waals surface area contributed by atoms with Crippen LogP contribution >= 0.6 is 22.7 Å². The first-order valence-electron chi connectivity index (χ1n) is 12.2. The summed E-state index contributed by atoms with van der Waals surface area (Å²) in [6, 6.07) is 7.05. The van der Waals surface area contributed by atoms with E-state index in [1.165, 1.54) is 22.7 Å². The number of nitrogens with zero attached hydrogens (tertiary/aromatic N) is 6. The quantitative estimate of drug-likeness (QED) is 0.291. The van der Waals surface area contributed by atoms with Gasteiger partial charge in [0.2, 0.25) is 22.1 Å². The van der Waals surface area contributed by atoms with Crippen LogP contribution in [0.1, 0.15) is 52.5 Å². The van der Waals surface area contributed by atoms with Gasteiger partial charge in [0.1, 0.15) is 21.5 Å². The van der Waals surface area contributed by atoms with Crippen LogP contribution in [0.5, 0.6) is 11.5 Å². The number of carbonyl (C=O) groups excluding carboxylic acids is 2. The van der Waals surface area contributed by atoms with Crippen molar-refractivity contribution >= 4 is 44.8 Å². The Balaban J connectivity index is 1.11. The lowest BCUT2D eigenvalue weighted by Crippen LogP contribution is -2.15. The Morgan fingerprint density at radius 2 is 1.23 bits per heavy atom. The lowest BCUT2D eigenvalue weighted by Gasteiger charge is -2.05. The highest BCUT2D eigenvalue weighted by Gasteiger charge is 2.32. The normalized spacial score (nSPS) is 16.6. The number of carbonyl (C=O) groups is 2. The molecule has 1 fully saturated rings. The molecule has 5 rings (SSSR count). The lowest BCUT2D eigenvalue weighted by atomic mass is 10.1. The minimum atomic E-state index is -0.203. The maximum Gasteiger partial charge on any atom is 0.232 e. The molecular formula is C25H26N8O4S2. The Hall–Kier alpha value is -4.04. The van der Waals surface area contributed by atoms with Crippen molar-refractivity contribution in [2.45, 2.75) is 43.9 Å². The van der Waals surface area contributed by atoms with E-state index in [0.29, 0.717) is 33.1 Å². The van der Waals surface area contributed by atoms with E-state index < -0.39 is 0 Å². The van der Waals surface area contributed by atoms with Gasteiger partial charge in [-0.25, -0.2) is 0 Å². The summed E-state index contributed by atoms with van der Waals surface area (Å²) in [5.41, 5.74) is 1.28. The standard InChI is InChI=1S/C25H26N8O4S2/c1-36-18-7-5-16(26-12-18)10-20(34)28-24-32-30-22(38-24)14-3-4-15(9-14)23-31-33-25(39-23)29-21(35)11-17-6-8-19(37-2)13-27-17/h5-8,12-15H,3-4,9-11H2,1-2H3,(H,28,32,34)(H,29,33,35)/t14-,15-/m0/s1. The smallest absolute Gasteiger partial charge is 0.232 e. The number of nitrogens with one attached hydrogen (secondary N) is 2. The van der Waals surface area contributed by atoms with Crippen molar-refractivity contribution in [1.82, 2.24) is 30.4 Å². The third kappa shape index (κ3) is 6.89. The molecule has 14 heteroatoms. The van der Waals surface area contributed by atoms with Crippen molar-refractivity contribution in [2.24, 2.45) is 0 Å². The molecule has 1 aliphatic carbocycles. The molecule has 0 unspecified atom stereocenters. The number of aromatic nitrogens is 6. The van der Waals surface area contributed by atoms with E-state index in [1.807, 2.05) is 0 Å². The highest BCUT2D eigenvalue weighted by atomic mass is 32.1. The highest BCUT2D eigenvalue weighted by molar-refractivity contribution is 7.15. The van der Waals surface area contributed by atoms with Crippen LogP contribution in [0, 0.1) is 0 Å². The Kier molecular flexibility index (Phi) is 8.32. The lowest BCUT2D eigenvalue weighted by molar-refractivity contribution is -0.116. The van der Waals surface area contributed by atoms with Gasteiger partial charge in [0, 0.05) is 23.2 Å². The zero-order valence-corrected chi connectivity index (χ0v) is 22.9. The van der Waals surface area contributed by atoms with Crippen molar-refractivity contribution in [1.29, 1.82) is 0 Å². The first-order chi connectivity index (χ1) is 19.0. The zero-order chi connectivity index (χ0) is 27.2. The topological polar surface area (TPSA) is 154 Å². The van der Waals surface area contributed by atoms with Gasteiger partial charge in [-0.2, -0.15) is 0 Å². The van der Waals surface area contributed by atoms with Gasteiger partial charge in [0.15, 0.2) is 0 Å². The number of hydrogen-bond donors (Lipinski definition) is 2. The summed E-state index contributed by atoms with van der Waals surface area (Å²) < 4.78 is 10.2. The van der Waals surface area contributed by atoms with Crippen LogP contribution in [0.3, 0.4) is 0 Å². The van der Waals surface area contributed by atoms with E-state index in [4.69, 9.17) is 9.47 Å². The van der Waals surface area contributed by atoms with Gasteiger partial charge < -0.3 is 20.1 Å². The van der Waals surface area contributed by atoms with Gasteiger partial charge in [-0.15, -0.1) is 20.4 Å². The van der Waals surface area contributed by atoms with Crippen molar-refractivity contribution < 1.29 is 19.1 Å². The fourth-order valence-electron chi connectivity index (χ4n) is 4.26. The molecule has 0 spiro atoms. The molecular weight excluding hydrogens is 540 g/mol. The van der Waals surface area contributed by atoms with Crippen LogP contribution in [-0.4, -0.2) is 56.4 Å². The summed E-state index contributed by atoms with van der Waals surface area (Å²) in [7, 11) is 3.14. The third-order valence-electron chi connectivity index (χ3n) is 6.26. The van der Waals surface area contributed by atoms with Crippen LogP contribution in [0.15, 0.2) is 36.7 Å². The van der Waals surface area contributed by atoms with Crippen LogP contribution in [0.25, 0.3) is 0 Å². The SMILES string of the molecule is COc1ccc(CC(=O)Nc2nnc([C@H]3CC[C@H](c4nnc(NC(=O)Cc5ccc(OC)cn5)s4)C3)s2)nc1. The summed E-state index contributed by atoms with van der Waals surface area (Å²) in [6.45, 7) is 0. The van der Waals surface area contributed by atoms with E-state index in [9.17, 15) is 9.59 Å². The summed E-state index contributed by atoms with van der Waals surface area (Å²) in [4.78, 5) is 33.3. The molecule has 0 saturated heterocycles. The largest absolute Gasteiger partial charge is 0.495 e. The number of rotatable bonds is 10. The molecule has 0 aromatic carbocycles. The molecule has 39 heavy (non-hydrogen) atoms. The molecule has 2 N–H and O–H groups in total. The molecule has 1 aliphatic rings. The van der Waals surface area contributed by atoms with Crippen molar-refractivity contribution in [3.8, 4) is 11.5 Å². The average Bonchev–Trinajstić information content (AvgIpc) is 3.71. The molecule has 2 atom stereocenters. The third-order valence-corrected chi connectivity index (χ3v) is 8.26. The maximum absolute atomic E-state index is 12.4. The van der Waals surface area contributed by atoms with Gasteiger partial charge >= 0.3 is 0 Å². The van der Waals surface area contributed by atoms with E-state index in [2.05, 4.69) is 41.0 Å². The Bertz CT molecular complexity index is 1320. The molecule has 0 aliphatic heterocycles. The fraction of sp³-hybridized carbons (Fsp3) is 0.360. The van der Waals surface area contributed by atoms with Gasteiger partial charge in [-0.3, -0.25) is 19.6 Å². The first-order valence-corrected chi connectivity index (χ1v) is 13.9. The van der Waals surface area contributed by atoms with Crippen LogP contribution in [-0.2, 0) is 22.4 Å². The Morgan fingerprint density at radius 3 is 1.62 bits per heavy atom. The number of ether oxygens (including phenoxy) is 2. The van der Waals surface area contributed by atoms with Crippen LogP contribution in [0.2, 0.25) is 0 Å². The Morgan fingerprint density at radius 1 is 0.769 bits per heavy atom. The zero-order valence-electron chi connectivity index (χ0n) is 21.3. The second kappa shape index (κ2) is 12.2. The number of methoxy groups -OCH3 is 2. The minimum absolute atomic E-state index is 0.136. The summed E-state index contributed by atoms with van der Waals surface area (Å²) in [5, 5.41) is 25.3. The molecule has 4 aromatic heterocycles. The molecule has 0 bridgehead atoms. The van der Waals surface area contributed by atoms with E-state index in [1.54, 1.807) is 50.9 Å². The van der Waals surface area contributed by atoms with Crippen molar-refractivity contribution in [2.75, 3.05) is 24.9 Å². The first kappa shape index (κ1) is 26.6. The molecule has 4 aromatic rings. The number of hydrogen-bond acceptors (Lipinski definition) is 12. The number of amides is 2. The molecule has 202 valence electrons. The molecule has 4 heterocycles. The number of anilines is 2. The maximum atomic E-state index is 12.4. The Labute approximate surface area is 232 Å². The second-order valence-corrected chi connectivity index (χ2v) is 10.9. The summed E-state index contributed by atoms with van der Waals surface area (Å²) in [5.74, 6) is 1.32. The van der Waals surface area contributed by atoms with Crippen molar-refractivity contribution in [3.05, 3.63) is 58.1 Å². The predicted octanol–water partition coefficient (Wildman–Crippen LogP) is 3.61. The van der Waals surface area contributed by atoms with Gasteiger partial charge in [0.25, 0.3) is 0 Å². The molecule has 1 saturated carbocycles. The highest BCUT2D eigenvalue weighted by Crippen LogP contribution is 2.45. The fourth-order valence-corrected chi connectivity index (χ4v) is 6.07. The average molecular weight is 567 g/mol. The summed E-state index contributed by atoms with van der Waals surface area (Å²) in [6.07, 6.45) is 6.17. The predicted molar refractivity (Wildman–Crippen MR) is 145 cm³/mol.